The molecule has 100 valence electrons. The van der Waals surface area contributed by atoms with E-state index in [1.165, 1.54) is 7.11 Å². The number of hydrogen-bond acceptors (Lipinski definition) is 3. The fourth-order valence-corrected chi connectivity index (χ4v) is 2.31. The summed E-state index contributed by atoms with van der Waals surface area (Å²) < 4.78 is 28.6. The molecule has 2 unspecified atom stereocenters. The summed E-state index contributed by atoms with van der Waals surface area (Å²) in [5, 5.41) is 3.11. The highest BCUT2D eigenvalue weighted by atomic mass is 19.3. The maximum Gasteiger partial charge on any atom is 0.322 e. The Morgan fingerprint density at radius 1 is 1.47 bits per heavy atom. The van der Waals surface area contributed by atoms with Crippen molar-refractivity contribution in [2.45, 2.75) is 51.0 Å². The van der Waals surface area contributed by atoms with Crippen LogP contribution < -0.4 is 5.32 Å². The summed E-state index contributed by atoms with van der Waals surface area (Å²) in [6, 6.07) is -0.214. The highest BCUT2D eigenvalue weighted by molar-refractivity contribution is 5.75. The minimum absolute atomic E-state index is 0.00853. The molecule has 1 aliphatic heterocycles. The zero-order valence-electron chi connectivity index (χ0n) is 10.3. The summed E-state index contributed by atoms with van der Waals surface area (Å²) >= 11 is 0. The number of carbonyl (C=O) groups excluding carboxylic acids is 1. The topological polar surface area (TPSA) is 38.3 Å². The van der Waals surface area contributed by atoms with Gasteiger partial charge >= 0.3 is 5.97 Å². The van der Waals surface area contributed by atoms with Gasteiger partial charge in [-0.25, -0.2) is 8.78 Å². The van der Waals surface area contributed by atoms with Gasteiger partial charge in [-0.15, -0.1) is 0 Å². The molecule has 5 heteroatoms. The van der Waals surface area contributed by atoms with E-state index in [4.69, 9.17) is 4.74 Å². The number of unbranched alkanes of at least 4 members (excludes halogenated alkanes) is 1. The molecule has 0 saturated carbocycles. The van der Waals surface area contributed by atoms with Crippen molar-refractivity contribution in [3.8, 4) is 0 Å². The molecule has 2 atom stereocenters. The lowest BCUT2D eigenvalue weighted by atomic mass is 9.88. The molecule has 1 saturated heterocycles. The van der Waals surface area contributed by atoms with Gasteiger partial charge < -0.3 is 10.1 Å². The van der Waals surface area contributed by atoms with Gasteiger partial charge in [-0.05, 0) is 31.7 Å². The summed E-state index contributed by atoms with van der Waals surface area (Å²) in [5.74, 6) is 0.236. The lowest BCUT2D eigenvalue weighted by Crippen LogP contribution is -2.44. The Balaban J connectivity index is 2.18. The molecule has 1 fully saturated rings. The molecule has 3 nitrogen and oxygen atoms in total. The fourth-order valence-electron chi connectivity index (χ4n) is 2.31. The molecule has 1 N–H and O–H groups in total. The first-order valence-electron chi connectivity index (χ1n) is 6.23. The van der Waals surface area contributed by atoms with Gasteiger partial charge in [0.2, 0.25) is 6.43 Å². The van der Waals surface area contributed by atoms with Crippen molar-refractivity contribution >= 4 is 5.97 Å². The smallest absolute Gasteiger partial charge is 0.322 e. The Kier molecular flexibility index (Phi) is 6.40. The molecular formula is C12H21F2NO2. The summed E-state index contributed by atoms with van der Waals surface area (Å²) in [6.45, 7) is 0.805. The Hall–Kier alpha value is -0.710. The molecule has 0 spiro atoms. The van der Waals surface area contributed by atoms with Crippen molar-refractivity contribution in [1.29, 1.82) is 0 Å². The van der Waals surface area contributed by atoms with Crippen molar-refractivity contribution in [3.05, 3.63) is 0 Å². The van der Waals surface area contributed by atoms with Crippen LogP contribution >= 0.6 is 0 Å². The molecule has 1 rings (SSSR count). The molecule has 0 aromatic heterocycles. The van der Waals surface area contributed by atoms with E-state index in [0.717, 1.165) is 32.2 Å². The van der Waals surface area contributed by atoms with E-state index >= 15 is 0 Å². The minimum Gasteiger partial charge on any atom is -0.468 e. The Morgan fingerprint density at radius 3 is 2.88 bits per heavy atom. The van der Waals surface area contributed by atoms with Gasteiger partial charge in [0.1, 0.15) is 6.04 Å². The first-order valence-corrected chi connectivity index (χ1v) is 6.23. The van der Waals surface area contributed by atoms with Crippen LogP contribution in [0.1, 0.15) is 38.5 Å². The van der Waals surface area contributed by atoms with Gasteiger partial charge in [0, 0.05) is 6.42 Å². The molecule has 0 amide bonds. The zero-order valence-corrected chi connectivity index (χ0v) is 10.3. The van der Waals surface area contributed by atoms with Crippen LogP contribution in [0.4, 0.5) is 8.78 Å². The Labute approximate surface area is 101 Å². The van der Waals surface area contributed by atoms with E-state index in [2.05, 4.69) is 5.32 Å². The monoisotopic (exact) mass is 249 g/mol. The van der Waals surface area contributed by atoms with Gasteiger partial charge in [-0.1, -0.05) is 12.8 Å². The van der Waals surface area contributed by atoms with Crippen LogP contribution in [0.15, 0.2) is 0 Å². The molecule has 0 aromatic rings. The molecule has 0 aromatic carbocycles. The van der Waals surface area contributed by atoms with Gasteiger partial charge in [-0.3, -0.25) is 4.79 Å². The molecule has 0 aliphatic carbocycles. The average Bonchev–Trinajstić information content (AvgIpc) is 2.34. The summed E-state index contributed by atoms with van der Waals surface area (Å²) in [4.78, 5) is 11.3. The third kappa shape index (κ3) is 5.44. The number of methoxy groups -OCH3 is 1. The SMILES string of the molecule is COC(=O)C1CC(CCCCC(F)F)CCN1. The van der Waals surface area contributed by atoms with E-state index in [0.29, 0.717) is 12.3 Å². The lowest BCUT2D eigenvalue weighted by molar-refractivity contribution is -0.144. The largest absolute Gasteiger partial charge is 0.468 e. The summed E-state index contributed by atoms with van der Waals surface area (Å²) in [5.41, 5.74) is 0. The maximum atomic E-state index is 11.9. The Morgan fingerprint density at radius 2 is 2.24 bits per heavy atom. The van der Waals surface area contributed by atoms with Gasteiger partial charge in [0.15, 0.2) is 0 Å². The number of hydrogen-bond donors (Lipinski definition) is 1. The highest BCUT2D eigenvalue weighted by Gasteiger charge is 2.26. The third-order valence-corrected chi connectivity index (χ3v) is 3.28. The number of ether oxygens (including phenoxy) is 1. The zero-order chi connectivity index (χ0) is 12.7. The number of halogens is 2. The quantitative estimate of drug-likeness (QED) is 0.580. The Bertz CT molecular complexity index is 237. The molecular weight excluding hydrogens is 228 g/mol. The van der Waals surface area contributed by atoms with Crippen LogP contribution in [-0.4, -0.2) is 32.1 Å². The fraction of sp³-hybridized carbons (Fsp3) is 0.917. The predicted molar refractivity (Wildman–Crippen MR) is 61.0 cm³/mol. The second-order valence-corrected chi connectivity index (χ2v) is 4.60. The van der Waals surface area contributed by atoms with Crippen LogP contribution in [0.25, 0.3) is 0 Å². The van der Waals surface area contributed by atoms with E-state index in [1.54, 1.807) is 0 Å². The van der Waals surface area contributed by atoms with Gasteiger partial charge in [0.25, 0.3) is 0 Å². The number of carbonyl (C=O) groups is 1. The molecule has 17 heavy (non-hydrogen) atoms. The number of esters is 1. The molecule has 0 bridgehead atoms. The van der Waals surface area contributed by atoms with Crippen LogP contribution in [0.2, 0.25) is 0 Å². The normalized spacial score (nSPS) is 24.9. The van der Waals surface area contributed by atoms with Crippen LogP contribution in [0, 0.1) is 5.92 Å². The van der Waals surface area contributed by atoms with Crippen molar-refractivity contribution in [3.63, 3.8) is 0 Å². The molecule has 1 heterocycles. The lowest BCUT2D eigenvalue weighted by Gasteiger charge is -2.28. The summed E-state index contributed by atoms with van der Waals surface area (Å²) in [6.07, 6.45) is 1.91. The number of rotatable bonds is 6. The number of nitrogens with one attached hydrogen (secondary N) is 1. The van der Waals surface area contributed by atoms with Crippen LogP contribution in [0.5, 0.6) is 0 Å². The van der Waals surface area contributed by atoms with Crippen molar-refractivity contribution in [2.24, 2.45) is 5.92 Å². The van der Waals surface area contributed by atoms with E-state index < -0.39 is 6.43 Å². The molecule has 0 radical (unpaired) electrons. The predicted octanol–water partition coefficient (Wildman–Crippen LogP) is 2.35. The van der Waals surface area contributed by atoms with Crippen molar-refractivity contribution in [1.82, 2.24) is 5.32 Å². The van der Waals surface area contributed by atoms with Gasteiger partial charge in [-0.2, -0.15) is 0 Å². The highest BCUT2D eigenvalue weighted by Crippen LogP contribution is 2.23. The van der Waals surface area contributed by atoms with E-state index in [-0.39, 0.29) is 18.4 Å². The standard InChI is InChI=1S/C12H21F2NO2/c1-17-12(16)10-8-9(6-7-15-10)4-2-3-5-11(13)14/h9-11,15H,2-8H2,1H3. The van der Waals surface area contributed by atoms with Crippen molar-refractivity contribution in [2.75, 3.05) is 13.7 Å². The first kappa shape index (κ1) is 14.4. The van der Waals surface area contributed by atoms with E-state index in [1.807, 2.05) is 0 Å². The number of alkyl halides is 2. The van der Waals surface area contributed by atoms with Gasteiger partial charge in [0.05, 0.1) is 7.11 Å². The average molecular weight is 249 g/mol. The summed E-state index contributed by atoms with van der Waals surface area (Å²) in [7, 11) is 1.39. The molecule has 1 aliphatic rings. The second-order valence-electron chi connectivity index (χ2n) is 4.60. The number of piperidine rings is 1. The second kappa shape index (κ2) is 7.58. The maximum absolute atomic E-state index is 11.9. The third-order valence-electron chi connectivity index (χ3n) is 3.28. The van der Waals surface area contributed by atoms with Crippen LogP contribution in [-0.2, 0) is 9.53 Å². The first-order chi connectivity index (χ1) is 8.13. The van der Waals surface area contributed by atoms with Crippen LogP contribution in [0.3, 0.4) is 0 Å². The van der Waals surface area contributed by atoms with Crippen molar-refractivity contribution < 1.29 is 18.3 Å². The minimum atomic E-state index is -2.19. The van der Waals surface area contributed by atoms with E-state index in [9.17, 15) is 13.6 Å².